The summed E-state index contributed by atoms with van der Waals surface area (Å²) in [5, 5.41) is 5.50. The Balaban J connectivity index is 2.23. The summed E-state index contributed by atoms with van der Waals surface area (Å²) in [7, 11) is 1.72. The zero-order valence-corrected chi connectivity index (χ0v) is 11.8. The smallest absolute Gasteiger partial charge is 0.255 e. The van der Waals surface area contributed by atoms with Crippen molar-refractivity contribution in [1.82, 2.24) is 4.98 Å². The van der Waals surface area contributed by atoms with Crippen LogP contribution in [0.4, 0.5) is 15.9 Å². The lowest BCUT2D eigenvalue weighted by atomic mass is 10.2. The molecule has 20 heavy (non-hydrogen) atoms. The summed E-state index contributed by atoms with van der Waals surface area (Å²) < 4.78 is 13.3. The van der Waals surface area contributed by atoms with Crippen LogP contribution >= 0.6 is 11.6 Å². The van der Waals surface area contributed by atoms with Crippen LogP contribution in [0.15, 0.2) is 30.3 Å². The van der Waals surface area contributed by atoms with Gasteiger partial charge in [0.05, 0.1) is 5.02 Å². The van der Waals surface area contributed by atoms with Gasteiger partial charge in [-0.2, -0.15) is 0 Å². The third kappa shape index (κ3) is 3.24. The van der Waals surface area contributed by atoms with E-state index in [9.17, 15) is 9.18 Å². The van der Waals surface area contributed by atoms with E-state index in [0.717, 1.165) is 0 Å². The summed E-state index contributed by atoms with van der Waals surface area (Å²) in [5.74, 6) is -0.322. The molecule has 0 spiro atoms. The number of carbonyl (C=O) groups is 1. The van der Waals surface area contributed by atoms with Crippen LogP contribution in [0.25, 0.3) is 0 Å². The summed E-state index contributed by atoms with van der Waals surface area (Å²) >= 11 is 5.59. The molecule has 0 aliphatic rings. The highest BCUT2D eigenvalue weighted by molar-refractivity contribution is 6.30. The van der Waals surface area contributed by atoms with Crippen molar-refractivity contribution in [3.05, 3.63) is 52.4 Å². The number of aromatic nitrogens is 1. The SMILES string of the molecule is CNc1cc(C(=O)Nc2ccc(Cl)c(F)c2)cc(C)n1. The van der Waals surface area contributed by atoms with Crippen LogP contribution < -0.4 is 10.6 Å². The van der Waals surface area contributed by atoms with E-state index in [0.29, 0.717) is 22.8 Å². The molecule has 1 aromatic carbocycles. The van der Waals surface area contributed by atoms with Crippen molar-refractivity contribution < 1.29 is 9.18 Å². The molecule has 2 N–H and O–H groups in total. The molecular weight excluding hydrogens is 281 g/mol. The van der Waals surface area contributed by atoms with Crippen molar-refractivity contribution in [3.8, 4) is 0 Å². The minimum Gasteiger partial charge on any atom is -0.373 e. The van der Waals surface area contributed by atoms with Gasteiger partial charge < -0.3 is 10.6 Å². The molecule has 1 aromatic heterocycles. The minimum absolute atomic E-state index is 0.0141. The van der Waals surface area contributed by atoms with Crippen LogP contribution in [0.2, 0.25) is 5.02 Å². The summed E-state index contributed by atoms with van der Waals surface area (Å²) in [6, 6.07) is 7.38. The number of pyridine rings is 1. The summed E-state index contributed by atoms with van der Waals surface area (Å²) in [5.41, 5.74) is 1.50. The van der Waals surface area contributed by atoms with Crippen LogP contribution in [-0.2, 0) is 0 Å². The zero-order valence-electron chi connectivity index (χ0n) is 11.0. The van der Waals surface area contributed by atoms with Gasteiger partial charge in [-0.15, -0.1) is 0 Å². The van der Waals surface area contributed by atoms with Crippen molar-refractivity contribution in [1.29, 1.82) is 0 Å². The lowest BCUT2D eigenvalue weighted by Crippen LogP contribution is -2.13. The van der Waals surface area contributed by atoms with Gasteiger partial charge in [-0.1, -0.05) is 11.6 Å². The maximum absolute atomic E-state index is 13.3. The molecule has 0 fully saturated rings. The molecule has 0 aliphatic carbocycles. The van der Waals surface area contributed by atoms with Crippen LogP contribution in [0.5, 0.6) is 0 Å². The third-order valence-corrected chi connectivity index (χ3v) is 2.96. The number of benzene rings is 1. The number of hydrogen-bond donors (Lipinski definition) is 2. The number of carbonyl (C=O) groups excluding carboxylic acids is 1. The Morgan fingerprint density at radius 3 is 2.70 bits per heavy atom. The number of aryl methyl sites for hydroxylation is 1. The number of nitrogens with zero attached hydrogens (tertiary/aromatic N) is 1. The fourth-order valence-electron chi connectivity index (χ4n) is 1.70. The molecule has 1 amide bonds. The monoisotopic (exact) mass is 293 g/mol. The number of amides is 1. The molecule has 0 aliphatic heterocycles. The van der Waals surface area contributed by atoms with Crippen LogP contribution in [0.3, 0.4) is 0 Å². The van der Waals surface area contributed by atoms with E-state index in [-0.39, 0.29) is 10.9 Å². The van der Waals surface area contributed by atoms with E-state index in [2.05, 4.69) is 15.6 Å². The van der Waals surface area contributed by atoms with Gasteiger partial charge >= 0.3 is 0 Å². The molecule has 4 nitrogen and oxygen atoms in total. The van der Waals surface area contributed by atoms with Gasteiger partial charge in [-0.3, -0.25) is 4.79 Å². The van der Waals surface area contributed by atoms with Gasteiger partial charge in [0.15, 0.2) is 0 Å². The lowest BCUT2D eigenvalue weighted by Gasteiger charge is -2.08. The predicted octanol–water partition coefficient (Wildman–Crippen LogP) is 3.48. The Morgan fingerprint density at radius 1 is 1.30 bits per heavy atom. The Kier molecular flexibility index (Phi) is 4.20. The maximum Gasteiger partial charge on any atom is 0.255 e. The maximum atomic E-state index is 13.3. The molecule has 0 saturated carbocycles. The second-order valence-electron chi connectivity index (χ2n) is 4.22. The highest BCUT2D eigenvalue weighted by Gasteiger charge is 2.10. The fraction of sp³-hybridized carbons (Fsp3) is 0.143. The Morgan fingerprint density at radius 2 is 2.05 bits per heavy atom. The standard InChI is InChI=1S/C14H13ClFN3O/c1-8-5-9(6-13(17-2)18-8)14(20)19-10-3-4-11(15)12(16)7-10/h3-7H,1-2H3,(H,17,18)(H,19,20). The van der Waals surface area contributed by atoms with Crippen molar-refractivity contribution >= 4 is 29.0 Å². The molecule has 0 radical (unpaired) electrons. The van der Waals surface area contributed by atoms with Gasteiger partial charge in [0, 0.05) is 24.0 Å². The Labute approximate surface area is 121 Å². The van der Waals surface area contributed by atoms with Gasteiger partial charge in [0.2, 0.25) is 0 Å². The van der Waals surface area contributed by atoms with Crippen molar-refractivity contribution in [2.24, 2.45) is 0 Å². The predicted molar refractivity (Wildman–Crippen MR) is 77.9 cm³/mol. The highest BCUT2D eigenvalue weighted by atomic mass is 35.5. The van der Waals surface area contributed by atoms with Crippen LogP contribution in [0, 0.1) is 12.7 Å². The van der Waals surface area contributed by atoms with E-state index in [1.54, 1.807) is 26.1 Å². The van der Waals surface area contributed by atoms with Crippen molar-refractivity contribution in [2.75, 3.05) is 17.7 Å². The molecule has 6 heteroatoms. The first-order valence-corrected chi connectivity index (χ1v) is 6.30. The van der Waals surface area contributed by atoms with Gasteiger partial charge in [0.25, 0.3) is 5.91 Å². The second kappa shape index (κ2) is 5.88. The van der Waals surface area contributed by atoms with Gasteiger partial charge in [-0.05, 0) is 37.3 Å². The van der Waals surface area contributed by atoms with Gasteiger partial charge in [0.1, 0.15) is 11.6 Å². The van der Waals surface area contributed by atoms with E-state index >= 15 is 0 Å². The first kappa shape index (κ1) is 14.3. The first-order chi connectivity index (χ1) is 9.49. The first-order valence-electron chi connectivity index (χ1n) is 5.92. The zero-order chi connectivity index (χ0) is 14.7. The third-order valence-electron chi connectivity index (χ3n) is 2.65. The van der Waals surface area contributed by atoms with Crippen molar-refractivity contribution in [3.63, 3.8) is 0 Å². The summed E-state index contributed by atoms with van der Waals surface area (Å²) in [6.07, 6.45) is 0. The molecule has 104 valence electrons. The molecule has 1 heterocycles. The number of anilines is 2. The molecule has 0 bridgehead atoms. The minimum atomic E-state index is -0.578. The molecule has 2 rings (SSSR count). The summed E-state index contributed by atoms with van der Waals surface area (Å²) in [6.45, 7) is 1.79. The van der Waals surface area contributed by atoms with E-state index in [1.807, 2.05) is 0 Å². The van der Waals surface area contributed by atoms with Crippen LogP contribution in [-0.4, -0.2) is 17.9 Å². The Hall–Kier alpha value is -2.14. The fourth-order valence-corrected chi connectivity index (χ4v) is 1.82. The Bertz CT molecular complexity index is 661. The largest absolute Gasteiger partial charge is 0.373 e. The van der Waals surface area contributed by atoms with E-state index in [1.165, 1.54) is 18.2 Å². The summed E-state index contributed by atoms with van der Waals surface area (Å²) in [4.78, 5) is 16.3. The van der Waals surface area contributed by atoms with Crippen molar-refractivity contribution in [2.45, 2.75) is 6.92 Å². The highest BCUT2D eigenvalue weighted by Crippen LogP contribution is 2.19. The molecule has 2 aromatic rings. The number of halogens is 2. The van der Waals surface area contributed by atoms with Gasteiger partial charge in [-0.25, -0.2) is 9.37 Å². The number of hydrogen-bond acceptors (Lipinski definition) is 3. The number of nitrogens with one attached hydrogen (secondary N) is 2. The average Bonchev–Trinajstić information content (AvgIpc) is 2.42. The van der Waals surface area contributed by atoms with Crippen LogP contribution in [0.1, 0.15) is 16.1 Å². The molecule has 0 unspecified atom stereocenters. The van der Waals surface area contributed by atoms with E-state index < -0.39 is 5.82 Å². The molecule has 0 saturated heterocycles. The normalized spacial score (nSPS) is 10.2. The van der Waals surface area contributed by atoms with E-state index in [4.69, 9.17) is 11.6 Å². The second-order valence-corrected chi connectivity index (χ2v) is 4.62. The average molecular weight is 294 g/mol. The molecular formula is C14H13ClFN3O. The molecule has 0 atom stereocenters. The number of rotatable bonds is 3. The topological polar surface area (TPSA) is 54.0 Å². The lowest BCUT2D eigenvalue weighted by molar-refractivity contribution is 0.102. The quantitative estimate of drug-likeness (QED) is 0.911.